The Morgan fingerprint density at radius 3 is 2.73 bits per heavy atom. The van der Waals surface area contributed by atoms with Gasteiger partial charge in [-0.1, -0.05) is 13.3 Å². The van der Waals surface area contributed by atoms with Crippen molar-refractivity contribution in [2.24, 2.45) is 0 Å². The molecule has 0 amide bonds. The van der Waals surface area contributed by atoms with E-state index in [-0.39, 0.29) is 5.82 Å². The second-order valence-electron chi connectivity index (χ2n) is 5.39. The van der Waals surface area contributed by atoms with Crippen molar-refractivity contribution in [2.45, 2.75) is 33.2 Å². The number of unbranched alkanes of at least 4 members (excludes halogenated alkanes) is 1. The fourth-order valence-corrected chi connectivity index (χ4v) is 2.37. The number of ether oxygens (including phenoxy) is 1. The molecule has 1 aromatic heterocycles. The minimum atomic E-state index is -0.253. The summed E-state index contributed by atoms with van der Waals surface area (Å²) in [4.78, 5) is 6.25. The summed E-state index contributed by atoms with van der Waals surface area (Å²) in [6.45, 7) is 5.66. The van der Waals surface area contributed by atoms with Gasteiger partial charge in [0.1, 0.15) is 11.6 Å². The van der Waals surface area contributed by atoms with Gasteiger partial charge in [0, 0.05) is 31.5 Å². The molecule has 0 unspecified atom stereocenters. The van der Waals surface area contributed by atoms with Crippen LogP contribution in [0, 0.1) is 12.7 Å². The number of nitrogens with zero attached hydrogens (tertiary/aromatic N) is 2. The maximum atomic E-state index is 14.4. The molecule has 0 aliphatic rings. The number of pyridine rings is 1. The molecule has 0 aliphatic heterocycles. The van der Waals surface area contributed by atoms with Crippen LogP contribution in [0.2, 0.25) is 0 Å². The van der Waals surface area contributed by atoms with E-state index in [0.29, 0.717) is 18.0 Å². The predicted molar refractivity (Wildman–Crippen MR) is 87.9 cm³/mol. The number of aryl methyl sites for hydroxylation is 1. The highest BCUT2D eigenvalue weighted by Crippen LogP contribution is 2.26. The van der Waals surface area contributed by atoms with Gasteiger partial charge in [-0.3, -0.25) is 4.98 Å². The molecule has 3 nitrogen and oxygen atoms in total. The van der Waals surface area contributed by atoms with Gasteiger partial charge in [0.15, 0.2) is 0 Å². The average Bonchev–Trinajstić information content (AvgIpc) is 2.53. The van der Waals surface area contributed by atoms with Gasteiger partial charge < -0.3 is 9.64 Å². The van der Waals surface area contributed by atoms with Crippen molar-refractivity contribution in [3.05, 3.63) is 53.6 Å². The summed E-state index contributed by atoms with van der Waals surface area (Å²) in [6, 6.07) is 7.01. The van der Waals surface area contributed by atoms with Crippen LogP contribution < -0.4 is 9.64 Å². The number of methoxy groups -OCH3 is 1. The molecule has 0 saturated heterocycles. The summed E-state index contributed by atoms with van der Waals surface area (Å²) in [5.41, 5.74) is 2.90. The van der Waals surface area contributed by atoms with E-state index in [4.69, 9.17) is 4.74 Å². The molecule has 0 saturated carbocycles. The zero-order valence-corrected chi connectivity index (χ0v) is 13.5. The molecule has 0 bridgehead atoms. The van der Waals surface area contributed by atoms with Crippen molar-refractivity contribution < 1.29 is 9.13 Å². The molecule has 0 N–H and O–H groups in total. The van der Waals surface area contributed by atoms with Crippen molar-refractivity contribution in [2.75, 3.05) is 18.6 Å². The zero-order chi connectivity index (χ0) is 15.9. The lowest BCUT2D eigenvalue weighted by Crippen LogP contribution is -2.25. The molecule has 0 aliphatic carbocycles. The quantitative estimate of drug-likeness (QED) is 0.760. The molecular formula is C18H23FN2O. The van der Waals surface area contributed by atoms with Crippen LogP contribution in [0.25, 0.3) is 0 Å². The van der Waals surface area contributed by atoms with E-state index in [0.717, 1.165) is 24.9 Å². The molecular weight excluding hydrogens is 279 g/mol. The Kier molecular flexibility index (Phi) is 5.75. The van der Waals surface area contributed by atoms with Crippen LogP contribution in [0.3, 0.4) is 0 Å². The van der Waals surface area contributed by atoms with Crippen molar-refractivity contribution in [1.82, 2.24) is 4.98 Å². The Bertz CT molecular complexity index is 616. The Hall–Kier alpha value is -2.10. The first-order valence-corrected chi connectivity index (χ1v) is 7.63. The summed E-state index contributed by atoms with van der Waals surface area (Å²) in [5, 5.41) is 0. The third-order valence-electron chi connectivity index (χ3n) is 3.79. The van der Waals surface area contributed by atoms with Gasteiger partial charge in [-0.2, -0.15) is 0 Å². The number of hydrogen-bond donors (Lipinski definition) is 0. The molecule has 2 rings (SSSR count). The van der Waals surface area contributed by atoms with Crippen LogP contribution in [-0.2, 0) is 6.54 Å². The number of rotatable bonds is 7. The fourth-order valence-electron chi connectivity index (χ4n) is 2.37. The van der Waals surface area contributed by atoms with Gasteiger partial charge in [0.2, 0.25) is 0 Å². The van der Waals surface area contributed by atoms with Crippen molar-refractivity contribution in [1.29, 1.82) is 0 Å². The molecule has 4 heteroatoms. The van der Waals surface area contributed by atoms with Gasteiger partial charge in [0.25, 0.3) is 0 Å². The third kappa shape index (κ3) is 3.97. The van der Waals surface area contributed by atoms with Gasteiger partial charge in [-0.05, 0) is 42.7 Å². The largest absolute Gasteiger partial charge is 0.497 e. The van der Waals surface area contributed by atoms with E-state index in [9.17, 15) is 4.39 Å². The highest BCUT2D eigenvalue weighted by Gasteiger charge is 2.14. The minimum Gasteiger partial charge on any atom is -0.497 e. The lowest BCUT2D eigenvalue weighted by atomic mass is 10.1. The van der Waals surface area contributed by atoms with Crippen LogP contribution in [-0.4, -0.2) is 18.6 Å². The maximum Gasteiger partial charge on any atom is 0.150 e. The van der Waals surface area contributed by atoms with Crippen molar-refractivity contribution >= 4 is 5.69 Å². The lowest BCUT2D eigenvalue weighted by molar-refractivity contribution is 0.411. The molecule has 0 fully saturated rings. The molecule has 22 heavy (non-hydrogen) atoms. The topological polar surface area (TPSA) is 25.4 Å². The first-order valence-electron chi connectivity index (χ1n) is 7.63. The van der Waals surface area contributed by atoms with Gasteiger partial charge in [0.05, 0.1) is 12.8 Å². The van der Waals surface area contributed by atoms with E-state index in [1.54, 1.807) is 25.4 Å². The Balaban J connectivity index is 2.28. The van der Waals surface area contributed by atoms with Crippen LogP contribution in [0.4, 0.5) is 10.1 Å². The van der Waals surface area contributed by atoms with Crippen molar-refractivity contribution in [3.63, 3.8) is 0 Å². The summed E-state index contributed by atoms with van der Waals surface area (Å²) in [5.74, 6) is 0.284. The molecule has 0 radical (unpaired) electrons. The Labute approximate surface area is 131 Å². The highest BCUT2D eigenvalue weighted by atomic mass is 19.1. The monoisotopic (exact) mass is 302 g/mol. The van der Waals surface area contributed by atoms with Gasteiger partial charge in [-0.25, -0.2) is 4.39 Å². The summed E-state index contributed by atoms with van der Waals surface area (Å²) in [6.07, 6.45) is 5.73. The van der Waals surface area contributed by atoms with E-state index in [2.05, 4.69) is 23.7 Å². The normalized spacial score (nSPS) is 10.5. The summed E-state index contributed by atoms with van der Waals surface area (Å²) >= 11 is 0. The SMILES string of the molecule is CCCCN(Cc1cnccc1C)c1ccc(OC)cc1F. The number of halogens is 1. The first kappa shape index (κ1) is 16.3. The molecule has 118 valence electrons. The van der Waals surface area contributed by atoms with Crippen LogP contribution in [0.15, 0.2) is 36.7 Å². The Morgan fingerprint density at radius 1 is 1.27 bits per heavy atom. The maximum absolute atomic E-state index is 14.4. The molecule has 1 heterocycles. The summed E-state index contributed by atoms with van der Waals surface area (Å²) in [7, 11) is 1.54. The van der Waals surface area contributed by atoms with Crippen LogP contribution in [0.1, 0.15) is 30.9 Å². The van der Waals surface area contributed by atoms with E-state index >= 15 is 0 Å². The van der Waals surface area contributed by atoms with E-state index in [1.165, 1.54) is 11.6 Å². The second kappa shape index (κ2) is 7.78. The Morgan fingerprint density at radius 2 is 2.09 bits per heavy atom. The average molecular weight is 302 g/mol. The number of hydrogen-bond acceptors (Lipinski definition) is 3. The van der Waals surface area contributed by atoms with Crippen LogP contribution >= 0.6 is 0 Å². The molecule has 0 atom stereocenters. The zero-order valence-electron chi connectivity index (χ0n) is 13.5. The van der Waals surface area contributed by atoms with Gasteiger partial charge >= 0.3 is 0 Å². The van der Waals surface area contributed by atoms with Crippen molar-refractivity contribution in [3.8, 4) is 5.75 Å². The summed E-state index contributed by atoms with van der Waals surface area (Å²) < 4.78 is 19.5. The molecule has 2 aromatic rings. The number of aromatic nitrogens is 1. The predicted octanol–water partition coefficient (Wildman–Crippen LogP) is 4.34. The number of benzene rings is 1. The number of anilines is 1. The molecule has 1 aromatic carbocycles. The second-order valence-corrected chi connectivity index (χ2v) is 5.39. The third-order valence-corrected chi connectivity index (χ3v) is 3.79. The molecule has 0 spiro atoms. The van der Waals surface area contributed by atoms with Crippen LogP contribution in [0.5, 0.6) is 5.75 Å². The smallest absolute Gasteiger partial charge is 0.150 e. The van der Waals surface area contributed by atoms with Gasteiger partial charge in [-0.15, -0.1) is 0 Å². The fraction of sp³-hybridized carbons (Fsp3) is 0.389. The van der Waals surface area contributed by atoms with E-state index < -0.39 is 0 Å². The highest BCUT2D eigenvalue weighted by molar-refractivity contribution is 5.51. The first-order chi connectivity index (χ1) is 10.7. The standard InChI is InChI=1S/C18H23FN2O/c1-4-5-10-21(13-15-12-20-9-8-14(15)2)18-7-6-16(22-3)11-17(18)19/h6-9,11-12H,4-5,10,13H2,1-3H3. The lowest BCUT2D eigenvalue weighted by Gasteiger charge is -2.26. The van der Waals surface area contributed by atoms with E-state index in [1.807, 2.05) is 12.3 Å². The minimum absolute atomic E-state index is 0.253.